The van der Waals surface area contributed by atoms with Gasteiger partial charge >= 0.3 is 0 Å². The van der Waals surface area contributed by atoms with E-state index in [-0.39, 0.29) is 22.8 Å². The van der Waals surface area contributed by atoms with Crippen molar-refractivity contribution < 1.29 is 14.6 Å². The van der Waals surface area contributed by atoms with Crippen molar-refractivity contribution in [2.75, 3.05) is 0 Å². The second kappa shape index (κ2) is 5.74. The molecule has 3 nitrogen and oxygen atoms in total. The minimum atomic E-state index is -0.725. The Morgan fingerprint density at radius 2 is 1.80 bits per heavy atom. The van der Waals surface area contributed by atoms with Crippen molar-refractivity contribution in [1.82, 2.24) is 4.98 Å². The van der Waals surface area contributed by atoms with Crippen molar-refractivity contribution in [2.24, 2.45) is 0 Å². The highest BCUT2D eigenvalue weighted by Gasteiger charge is 2.18. The van der Waals surface area contributed by atoms with E-state index in [4.69, 9.17) is 0 Å². The highest BCUT2D eigenvalue weighted by atomic mass is 19.1. The van der Waals surface area contributed by atoms with Crippen LogP contribution in [0.25, 0.3) is 12.2 Å². The van der Waals surface area contributed by atoms with Crippen LogP contribution in [0.2, 0.25) is 0 Å². The monoisotopic (exact) mass is 273 g/mol. The molecule has 0 amide bonds. The average molecular weight is 273 g/mol. The number of aromatic nitrogens is 1. The Balaban J connectivity index is 2.42. The Morgan fingerprint density at radius 3 is 2.40 bits per heavy atom. The molecule has 1 heterocycles. The lowest BCUT2D eigenvalue weighted by Gasteiger charge is -2.13. The van der Waals surface area contributed by atoms with Crippen LogP contribution in [-0.2, 0) is 0 Å². The topological polar surface area (TPSA) is 53.4 Å². The summed E-state index contributed by atoms with van der Waals surface area (Å²) in [5, 5.41) is 19.7. The molecule has 2 N–H and O–H groups in total. The lowest BCUT2D eigenvalue weighted by Crippen LogP contribution is -1.94. The third kappa shape index (κ3) is 2.79. The zero-order valence-electron chi connectivity index (χ0n) is 11.3. The molecule has 1 aromatic heterocycles. The first kappa shape index (κ1) is 14.1. The SMILES string of the molecule is CC(C)c1c(O)cc(C=Cc2ccncc2)c(F)c1O. The Hall–Kier alpha value is -2.36. The summed E-state index contributed by atoms with van der Waals surface area (Å²) in [5.41, 5.74) is 1.22. The van der Waals surface area contributed by atoms with E-state index >= 15 is 0 Å². The maximum Gasteiger partial charge on any atom is 0.172 e. The summed E-state index contributed by atoms with van der Waals surface area (Å²) in [7, 11) is 0. The first-order valence-corrected chi connectivity index (χ1v) is 6.33. The second-order valence-corrected chi connectivity index (χ2v) is 4.83. The number of phenolic OH excluding ortho intramolecular Hbond substituents is 2. The van der Waals surface area contributed by atoms with E-state index in [0.29, 0.717) is 0 Å². The molecule has 0 radical (unpaired) electrons. The van der Waals surface area contributed by atoms with Crippen molar-refractivity contribution in [2.45, 2.75) is 19.8 Å². The first-order valence-electron chi connectivity index (χ1n) is 6.33. The summed E-state index contributed by atoms with van der Waals surface area (Å²) in [6.07, 6.45) is 6.46. The van der Waals surface area contributed by atoms with Crippen LogP contribution in [0, 0.1) is 5.82 Å². The molecule has 0 bridgehead atoms. The van der Waals surface area contributed by atoms with Gasteiger partial charge < -0.3 is 10.2 Å². The number of nitrogens with zero attached hydrogens (tertiary/aromatic N) is 1. The fourth-order valence-electron chi connectivity index (χ4n) is 2.02. The predicted molar refractivity (Wildman–Crippen MR) is 77.0 cm³/mol. The Bertz CT molecular complexity index is 637. The molecule has 104 valence electrons. The summed E-state index contributed by atoms with van der Waals surface area (Å²) in [5.74, 6) is -1.48. The normalized spacial score (nSPS) is 11.4. The molecule has 2 rings (SSSR count). The van der Waals surface area contributed by atoms with Gasteiger partial charge in [-0.2, -0.15) is 0 Å². The lowest BCUT2D eigenvalue weighted by molar-refractivity contribution is 0.404. The smallest absolute Gasteiger partial charge is 0.172 e. The molecule has 20 heavy (non-hydrogen) atoms. The van der Waals surface area contributed by atoms with Crippen LogP contribution in [0.1, 0.15) is 36.5 Å². The summed E-state index contributed by atoms with van der Waals surface area (Å²) in [6.45, 7) is 3.56. The van der Waals surface area contributed by atoms with Gasteiger partial charge in [-0.3, -0.25) is 4.98 Å². The molecule has 2 aromatic rings. The molecule has 0 fully saturated rings. The molecule has 0 aliphatic rings. The largest absolute Gasteiger partial charge is 0.507 e. The summed E-state index contributed by atoms with van der Waals surface area (Å²) in [4.78, 5) is 3.89. The van der Waals surface area contributed by atoms with Gasteiger partial charge in [-0.05, 0) is 29.7 Å². The van der Waals surface area contributed by atoms with Gasteiger partial charge in [-0.1, -0.05) is 26.0 Å². The fourth-order valence-corrected chi connectivity index (χ4v) is 2.02. The molecule has 0 spiro atoms. The van der Waals surface area contributed by atoms with Crippen molar-refractivity contribution >= 4 is 12.2 Å². The fraction of sp³-hybridized carbons (Fsp3) is 0.188. The predicted octanol–water partition coefficient (Wildman–Crippen LogP) is 3.93. The molecular formula is C16H16FNO2. The van der Waals surface area contributed by atoms with Crippen LogP contribution < -0.4 is 0 Å². The van der Waals surface area contributed by atoms with Gasteiger partial charge in [0.05, 0.1) is 0 Å². The summed E-state index contributed by atoms with van der Waals surface area (Å²) < 4.78 is 14.1. The third-order valence-electron chi connectivity index (χ3n) is 3.02. The van der Waals surface area contributed by atoms with Crippen molar-refractivity contribution in [3.05, 3.63) is 53.1 Å². The van der Waals surface area contributed by atoms with Gasteiger partial charge in [0.1, 0.15) is 5.75 Å². The van der Waals surface area contributed by atoms with Gasteiger partial charge in [-0.15, -0.1) is 0 Å². The van der Waals surface area contributed by atoms with E-state index in [1.807, 2.05) is 0 Å². The van der Waals surface area contributed by atoms with Gasteiger partial charge in [0.15, 0.2) is 11.6 Å². The third-order valence-corrected chi connectivity index (χ3v) is 3.02. The molecule has 4 heteroatoms. The average Bonchev–Trinajstić information content (AvgIpc) is 2.42. The maximum absolute atomic E-state index is 14.1. The van der Waals surface area contributed by atoms with Gasteiger partial charge in [0.2, 0.25) is 0 Å². The summed E-state index contributed by atoms with van der Waals surface area (Å²) in [6, 6.07) is 4.87. The van der Waals surface area contributed by atoms with Gasteiger partial charge in [0, 0.05) is 23.5 Å². The van der Waals surface area contributed by atoms with Crippen LogP contribution in [0.5, 0.6) is 11.5 Å². The first-order chi connectivity index (χ1) is 9.50. The number of pyridine rings is 1. The highest BCUT2D eigenvalue weighted by Crippen LogP contribution is 2.38. The molecule has 0 aliphatic carbocycles. The Morgan fingerprint density at radius 1 is 1.15 bits per heavy atom. The number of halogens is 1. The molecule has 0 unspecified atom stereocenters. The van der Waals surface area contributed by atoms with Crippen LogP contribution in [0.3, 0.4) is 0 Å². The molecular weight excluding hydrogens is 257 g/mol. The molecule has 0 saturated carbocycles. The van der Waals surface area contributed by atoms with Crippen molar-refractivity contribution in [3.63, 3.8) is 0 Å². The van der Waals surface area contributed by atoms with Crippen LogP contribution >= 0.6 is 0 Å². The molecule has 1 aromatic carbocycles. The lowest BCUT2D eigenvalue weighted by atomic mass is 9.98. The molecule has 0 saturated heterocycles. The van der Waals surface area contributed by atoms with Crippen molar-refractivity contribution in [1.29, 1.82) is 0 Å². The zero-order chi connectivity index (χ0) is 14.7. The maximum atomic E-state index is 14.1. The van der Waals surface area contributed by atoms with E-state index < -0.39 is 11.6 Å². The zero-order valence-corrected chi connectivity index (χ0v) is 11.3. The molecule has 0 aliphatic heterocycles. The minimum absolute atomic E-state index is 0.103. The van der Waals surface area contributed by atoms with Gasteiger partial charge in [0.25, 0.3) is 0 Å². The van der Waals surface area contributed by atoms with Crippen LogP contribution in [0.4, 0.5) is 4.39 Å². The van der Waals surface area contributed by atoms with E-state index in [0.717, 1.165) is 5.56 Å². The molecule has 0 atom stereocenters. The summed E-state index contributed by atoms with van der Waals surface area (Å²) >= 11 is 0. The van der Waals surface area contributed by atoms with E-state index in [1.165, 1.54) is 12.1 Å². The van der Waals surface area contributed by atoms with Crippen LogP contribution in [0.15, 0.2) is 30.6 Å². The number of aromatic hydroxyl groups is 2. The minimum Gasteiger partial charge on any atom is -0.507 e. The van der Waals surface area contributed by atoms with Crippen molar-refractivity contribution in [3.8, 4) is 11.5 Å². The number of hydrogen-bond donors (Lipinski definition) is 2. The standard InChI is InChI=1S/C16H16FNO2/c1-10(2)14-13(19)9-12(15(17)16(14)20)4-3-11-5-7-18-8-6-11/h3-10,19-20H,1-2H3. The second-order valence-electron chi connectivity index (χ2n) is 4.83. The number of rotatable bonds is 3. The van der Waals surface area contributed by atoms with E-state index in [9.17, 15) is 14.6 Å². The quantitative estimate of drug-likeness (QED) is 0.891. The van der Waals surface area contributed by atoms with E-state index in [2.05, 4.69) is 4.98 Å². The van der Waals surface area contributed by atoms with Gasteiger partial charge in [-0.25, -0.2) is 4.39 Å². The number of phenols is 2. The number of benzene rings is 1. The number of hydrogen-bond acceptors (Lipinski definition) is 3. The Kier molecular flexibility index (Phi) is 4.03. The Labute approximate surface area is 117 Å². The van der Waals surface area contributed by atoms with Crippen LogP contribution in [-0.4, -0.2) is 15.2 Å². The van der Waals surface area contributed by atoms with E-state index in [1.54, 1.807) is 44.4 Å². The highest BCUT2D eigenvalue weighted by molar-refractivity contribution is 5.72.